The third kappa shape index (κ3) is 4.57. The Kier molecular flexibility index (Phi) is 6.12. The van der Waals surface area contributed by atoms with E-state index < -0.39 is 35.0 Å². The highest BCUT2D eigenvalue weighted by Gasteiger charge is 2.25. The maximum absolute atomic E-state index is 15.2. The van der Waals surface area contributed by atoms with E-state index in [-0.39, 0.29) is 40.3 Å². The second-order valence-electron chi connectivity index (χ2n) is 6.73. The van der Waals surface area contributed by atoms with Crippen LogP contribution in [0.15, 0.2) is 60.8 Å². The summed E-state index contributed by atoms with van der Waals surface area (Å²) >= 11 is 0. The summed E-state index contributed by atoms with van der Waals surface area (Å²) in [7, 11) is 0. The molecule has 0 radical (unpaired) electrons. The van der Waals surface area contributed by atoms with Crippen LogP contribution in [0.1, 0.15) is 17.3 Å². The van der Waals surface area contributed by atoms with Gasteiger partial charge in [-0.2, -0.15) is 0 Å². The molecule has 1 heterocycles. The van der Waals surface area contributed by atoms with Gasteiger partial charge in [0, 0.05) is 6.20 Å². The summed E-state index contributed by atoms with van der Waals surface area (Å²) in [6.07, 6.45) is 1.03. The van der Waals surface area contributed by atoms with Gasteiger partial charge in [0.15, 0.2) is 17.4 Å². The van der Waals surface area contributed by atoms with Gasteiger partial charge in [0.05, 0.1) is 12.0 Å². The number of nitrogens with zero attached hydrogens (tertiary/aromatic N) is 1. The van der Waals surface area contributed by atoms with Crippen molar-refractivity contribution in [3.63, 3.8) is 0 Å². The number of aromatic nitrogens is 1. The molecule has 9 heteroatoms. The van der Waals surface area contributed by atoms with Gasteiger partial charge < -0.3 is 14.2 Å². The summed E-state index contributed by atoms with van der Waals surface area (Å²) in [5.41, 5.74) is -0.529. The number of carbonyl (C=O) groups is 1. The second kappa shape index (κ2) is 9.15. The highest BCUT2D eigenvalue weighted by molar-refractivity contribution is 6.00. The lowest BCUT2D eigenvalue weighted by atomic mass is 10.1. The highest BCUT2D eigenvalue weighted by Crippen LogP contribution is 2.39. The molecule has 0 unspecified atom stereocenters. The minimum absolute atomic E-state index is 0.000482. The fraction of sp³-hybridized carbons (Fsp3) is 0.0833. The Balaban J connectivity index is 1.86. The number of pyridine rings is 1. The van der Waals surface area contributed by atoms with Crippen LogP contribution in [0.2, 0.25) is 0 Å². The zero-order valence-corrected chi connectivity index (χ0v) is 17.1. The van der Waals surface area contributed by atoms with E-state index in [1.165, 1.54) is 24.3 Å². The number of halogens is 4. The number of benzene rings is 3. The third-order valence-electron chi connectivity index (χ3n) is 4.52. The zero-order chi connectivity index (χ0) is 23.5. The normalized spacial score (nSPS) is 10.8. The van der Waals surface area contributed by atoms with E-state index in [2.05, 4.69) is 4.98 Å². The van der Waals surface area contributed by atoms with Crippen molar-refractivity contribution in [3.05, 3.63) is 89.6 Å². The Labute approximate surface area is 185 Å². The van der Waals surface area contributed by atoms with Gasteiger partial charge in [0.1, 0.15) is 34.2 Å². The van der Waals surface area contributed by atoms with Gasteiger partial charge in [-0.25, -0.2) is 22.4 Å². The van der Waals surface area contributed by atoms with Crippen LogP contribution in [-0.2, 0) is 4.74 Å². The smallest absolute Gasteiger partial charge is 0.343 e. The Morgan fingerprint density at radius 1 is 0.848 bits per heavy atom. The molecule has 0 aliphatic carbocycles. The topological polar surface area (TPSA) is 57.7 Å². The Hall–Kier alpha value is -4.14. The van der Waals surface area contributed by atoms with Crippen LogP contribution >= 0.6 is 0 Å². The highest BCUT2D eigenvalue weighted by atomic mass is 19.1. The maximum Gasteiger partial charge on any atom is 0.343 e. The molecule has 168 valence electrons. The molecule has 0 bridgehead atoms. The lowest BCUT2D eigenvalue weighted by molar-refractivity contribution is 0.0523. The van der Waals surface area contributed by atoms with Gasteiger partial charge in [0.2, 0.25) is 5.75 Å². The monoisotopic (exact) mass is 457 g/mol. The number of hydrogen-bond acceptors (Lipinski definition) is 5. The van der Waals surface area contributed by atoms with E-state index in [1.807, 2.05) is 0 Å². The van der Waals surface area contributed by atoms with Crippen molar-refractivity contribution in [1.29, 1.82) is 0 Å². The lowest BCUT2D eigenvalue weighted by Gasteiger charge is -2.15. The van der Waals surface area contributed by atoms with Crippen LogP contribution in [0.5, 0.6) is 23.0 Å². The predicted octanol–water partition coefficient (Wildman–Crippen LogP) is 6.55. The van der Waals surface area contributed by atoms with Crippen molar-refractivity contribution < 1.29 is 36.6 Å². The van der Waals surface area contributed by atoms with E-state index in [0.29, 0.717) is 0 Å². The molecule has 0 saturated carbocycles. The first kappa shape index (κ1) is 22.1. The fourth-order valence-corrected chi connectivity index (χ4v) is 3.02. The van der Waals surface area contributed by atoms with E-state index in [1.54, 1.807) is 6.92 Å². The number of fused-ring (bicyclic) bond motifs is 1. The first-order valence-corrected chi connectivity index (χ1v) is 9.72. The van der Waals surface area contributed by atoms with Crippen molar-refractivity contribution in [2.75, 3.05) is 6.61 Å². The second-order valence-corrected chi connectivity index (χ2v) is 6.73. The number of esters is 1. The third-order valence-corrected chi connectivity index (χ3v) is 4.52. The quantitative estimate of drug-likeness (QED) is 0.243. The molecule has 4 rings (SSSR count). The largest absolute Gasteiger partial charge is 0.462 e. The maximum atomic E-state index is 15.2. The van der Waals surface area contributed by atoms with Crippen LogP contribution in [0.3, 0.4) is 0 Å². The molecular formula is C24H15F4NO4. The molecular weight excluding hydrogens is 442 g/mol. The van der Waals surface area contributed by atoms with Crippen LogP contribution in [0.25, 0.3) is 10.9 Å². The predicted molar refractivity (Wildman–Crippen MR) is 111 cm³/mol. The van der Waals surface area contributed by atoms with E-state index >= 15 is 4.39 Å². The molecule has 0 aliphatic heterocycles. The molecule has 0 fully saturated rings. The molecule has 0 saturated heterocycles. The minimum Gasteiger partial charge on any atom is -0.462 e. The van der Waals surface area contributed by atoms with E-state index in [4.69, 9.17) is 14.2 Å². The molecule has 33 heavy (non-hydrogen) atoms. The molecule has 5 nitrogen and oxygen atoms in total. The summed E-state index contributed by atoms with van der Waals surface area (Å²) in [5, 5.41) is -0.175. The molecule has 4 aromatic rings. The van der Waals surface area contributed by atoms with Crippen molar-refractivity contribution in [1.82, 2.24) is 4.98 Å². The SMILES string of the molecule is CCOC(=O)c1cnc2c(F)c(Oc3ccc(F)cc3)c(F)cc2c1Oc1ccc(F)cc1. The van der Waals surface area contributed by atoms with Crippen LogP contribution in [-0.4, -0.2) is 17.6 Å². The number of ether oxygens (including phenoxy) is 3. The van der Waals surface area contributed by atoms with Gasteiger partial charge in [-0.05, 0) is 61.5 Å². The molecule has 1 aromatic heterocycles. The Morgan fingerprint density at radius 3 is 1.94 bits per heavy atom. The van der Waals surface area contributed by atoms with Gasteiger partial charge in [-0.3, -0.25) is 4.98 Å². The van der Waals surface area contributed by atoms with Crippen molar-refractivity contribution >= 4 is 16.9 Å². The zero-order valence-electron chi connectivity index (χ0n) is 17.1. The Morgan fingerprint density at radius 2 is 1.39 bits per heavy atom. The average Bonchev–Trinajstić information content (AvgIpc) is 2.80. The minimum atomic E-state index is -1.16. The molecule has 0 amide bonds. The summed E-state index contributed by atoms with van der Waals surface area (Å²) in [6.45, 7) is 1.63. The summed E-state index contributed by atoms with van der Waals surface area (Å²) < 4.78 is 72.5. The van der Waals surface area contributed by atoms with Gasteiger partial charge in [-0.1, -0.05) is 0 Å². The first-order chi connectivity index (χ1) is 15.9. The molecule has 0 aliphatic rings. The summed E-state index contributed by atoms with van der Waals surface area (Å²) in [5.74, 6) is -5.04. The number of rotatable bonds is 6. The standard InChI is InChI=1S/C24H15F4NO4/c1-2-31-24(30)18-12-29-21-17(22(18)32-15-7-3-13(25)4-8-15)11-19(27)23(20(21)28)33-16-9-5-14(26)6-10-16/h3-12H,2H2,1H3. The van der Waals surface area contributed by atoms with E-state index in [0.717, 1.165) is 36.5 Å². The fourth-order valence-electron chi connectivity index (χ4n) is 3.02. The Bertz CT molecular complexity index is 1330. The van der Waals surface area contributed by atoms with Gasteiger partial charge in [-0.15, -0.1) is 0 Å². The van der Waals surface area contributed by atoms with Crippen LogP contribution in [0, 0.1) is 23.3 Å². The molecule has 0 spiro atoms. The number of carbonyl (C=O) groups excluding carboxylic acids is 1. The molecule has 3 aromatic carbocycles. The summed E-state index contributed by atoms with van der Waals surface area (Å²) in [4.78, 5) is 16.3. The average molecular weight is 457 g/mol. The van der Waals surface area contributed by atoms with Gasteiger partial charge >= 0.3 is 5.97 Å². The van der Waals surface area contributed by atoms with Crippen LogP contribution < -0.4 is 9.47 Å². The molecule has 0 atom stereocenters. The van der Waals surface area contributed by atoms with Crippen molar-refractivity contribution in [2.45, 2.75) is 6.92 Å². The van der Waals surface area contributed by atoms with Crippen LogP contribution in [0.4, 0.5) is 17.6 Å². The van der Waals surface area contributed by atoms with Crippen molar-refractivity contribution in [3.8, 4) is 23.0 Å². The first-order valence-electron chi connectivity index (χ1n) is 9.72. The van der Waals surface area contributed by atoms with Gasteiger partial charge in [0.25, 0.3) is 0 Å². The van der Waals surface area contributed by atoms with E-state index in [9.17, 15) is 18.0 Å². The summed E-state index contributed by atoms with van der Waals surface area (Å²) in [6, 6.07) is 10.3. The van der Waals surface area contributed by atoms with Crippen molar-refractivity contribution in [2.24, 2.45) is 0 Å². The number of hydrogen-bond donors (Lipinski definition) is 0. The molecule has 0 N–H and O–H groups in total. The lowest BCUT2D eigenvalue weighted by Crippen LogP contribution is -2.08.